The molecule has 34 heavy (non-hydrogen) atoms. The van der Waals surface area contributed by atoms with Crippen molar-refractivity contribution in [2.24, 2.45) is 0 Å². The van der Waals surface area contributed by atoms with Gasteiger partial charge < -0.3 is 4.81 Å². The van der Waals surface area contributed by atoms with Gasteiger partial charge in [-0.3, -0.25) is 4.81 Å². The summed E-state index contributed by atoms with van der Waals surface area (Å²) in [5, 5.41) is 2.78. The maximum atomic E-state index is 2.80. The lowest BCUT2D eigenvalue weighted by Crippen LogP contribution is -2.74. The zero-order valence-corrected chi connectivity index (χ0v) is 21.8. The van der Waals surface area contributed by atoms with Crippen LogP contribution in [0.5, 0.6) is 0 Å². The number of benzene rings is 2. The van der Waals surface area contributed by atoms with Crippen LogP contribution in [0.25, 0.3) is 21.9 Å². The summed E-state index contributed by atoms with van der Waals surface area (Å²) < 4.78 is 2.65. The number of aromatic nitrogens is 1. The molecule has 1 aromatic heterocycles. The van der Waals surface area contributed by atoms with E-state index in [9.17, 15) is 0 Å². The SMILES string of the molecule is CCCCCN1CCN2B1C(C)(CC)C(C)(CC)[n+]1cc(-c3ccc4ccccc4c3)ccc12. The molecule has 0 aliphatic carbocycles. The summed E-state index contributed by atoms with van der Waals surface area (Å²) in [6.45, 7) is 16.2. The fourth-order valence-corrected chi connectivity index (χ4v) is 6.82. The minimum Gasteiger partial charge on any atom is -0.308 e. The van der Waals surface area contributed by atoms with Gasteiger partial charge in [-0.05, 0) is 61.2 Å². The van der Waals surface area contributed by atoms with Gasteiger partial charge in [-0.15, -0.1) is 0 Å². The first-order valence-electron chi connectivity index (χ1n) is 13.5. The van der Waals surface area contributed by atoms with E-state index in [1.54, 1.807) is 0 Å². The van der Waals surface area contributed by atoms with Crippen LogP contribution < -0.4 is 9.38 Å². The molecule has 2 aliphatic heterocycles. The van der Waals surface area contributed by atoms with E-state index < -0.39 is 0 Å². The van der Waals surface area contributed by atoms with Gasteiger partial charge in [-0.2, -0.15) is 0 Å². The van der Waals surface area contributed by atoms with Gasteiger partial charge in [0.05, 0.1) is 18.1 Å². The number of hydrogen-bond donors (Lipinski definition) is 0. The summed E-state index contributed by atoms with van der Waals surface area (Å²) in [7, 11) is 0. The Morgan fingerprint density at radius 2 is 1.62 bits per heavy atom. The largest absolute Gasteiger partial charge is 0.474 e. The van der Waals surface area contributed by atoms with Crippen molar-refractivity contribution in [3.05, 3.63) is 60.8 Å². The lowest BCUT2D eigenvalue weighted by Gasteiger charge is -2.51. The summed E-state index contributed by atoms with van der Waals surface area (Å²) in [5.74, 6) is 1.39. The number of hydrogen-bond acceptors (Lipinski definition) is 2. The fourth-order valence-electron chi connectivity index (χ4n) is 6.82. The van der Waals surface area contributed by atoms with Gasteiger partial charge in [0.15, 0.2) is 0 Å². The van der Waals surface area contributed by atoms with Crippen LogP contribution in [-0.4, -0.2) is 31.4 Å². The number of nitrogens with zero attached hydrogens (tertiary/aromatic N) is 3. The highest BCUT2D eigenvalue weighted by atomic mass is 15.4. The molecule has 2 aromatic carbocycles. The molecule has 2 aliphatic rings. The topological polar surface area (TPSA) is 10.4 Å². The summed E-state index contributed by atoms with van der Waals surface area (Å²) in [5.41, 5.74) is 2.67. The van der Waals surface area contributed by atoms with Crippen LogP contribution >= 0.6 is 0 Å². The van der Waals surface area contributed by atoms with Gasteiger partial charge in [0, 0.05) is 18.2 Å². The van der Waals surface area contributed by atoms with Crippen LogP contribution in [-0.2, 0) is 5.54 Å². The molecule has 4 heteroatoms. The van der Waals surface area contributed by atoms with E-state index in [2.05, 4.69) is 110 Å². The monoisotopic (exact) mass is 454 g/mol. The molecule has 0 radical (unpaired) electrons. The van der Waals surface area contributed by atoms with E-state index in [0.29, 0.717) is 6.98 Å². The van der Waals surface area contributed by atoms with Crippen molar-refractivity contribution in [3.8, 4) is 11.1 Å². The molecule has 0 N–H and O–H groups in total. The van der Waals surface area contributed by atoms with Crippen molar-refractivity contribution >= 4 is 23.6 Å². The highest BCUT2D eigenvalue weighted by Gasteiger charge is 2.68. The summed E-state index contributed by atoms with van der Waals surface area (Å²) in [6.07, 6.45) is 8.68. The Labute approximate surface area is 206 Å². The molecule has 0 amide bonds. The lowest BCUT2D eigenvalue weighted by atomic mass is 9.39. The Balaban J connectivity index is 1.60. The molecule has 3 heterocycles. The normalized spacial score (nSPS) is 24.5. The van der Waals surface area contributed by atoms with Crippen LogP contribution in [0.1, 0.15) is 66.7 Å². The van der Waals surface area contributed by atoms with Crippen LogP contribution in [0.15, 0.2) is 60.8 Å². The van der Waals surface area contributed by atoms with Crippen molar-refractivity contribution in [3.63, 3.8) is 0 Å². The van der Waals surface area contributed by atoms with Crippen molar-refractivity contribution in [1.29, 1.82) is 0 Å². The predicted octanol–water partition coefficient (Wildman–Crippen LogP) is 6.90. The van der Waals surface area contributed by atoms with Crippen molar-refractivity contribution < 1.29 is 4.57 Å². The van der Waals surface area contributed by atoms with Crippen LogP contribution in [0.2, 0.25) is 5.31 Å². The molecular formula is C30H41BN3+. The van der Waals surface area contributed by atoms with Gasteiger partial charge in [-0.25, -0.2) is 4.57 Å². The highest BCUT2D eigenvalue weighted by Crippen LogP contribution is 2.55. The third kappa shape index (κ3) is 3.49. The molecule has 1 fully saturated rings. The number of unbranched alkanes of at least 4 members (excludes halogenated alkanes) is 2. The Bertz CT molecular complexity index is 1180. The molecule has 0 spiro atoms. The molecule has 2 unspecified atom stereocenters. The molecular weight excluding hydrogens is 413 g/mol. The lowest BCUT2D eigenvalue weighted by molar-refractivity contribution is -0.758. The van der Waals surface area contributed by atoms with E-state index >= 15 is 0 Å². The summed E-state index contributed by atoms with van der Waals surface area (Å²) in [4.78, 5) is 5.52. The zero-order chi connectivity index (χ0) is 23.9. The van der Waals surface area contributed by atoms with Crippen molar-refractivity contribution in [2.75, 3.05) is 24.4 Å². The number of fused-ring (bicyclic) bond motifs is 4. The molecule has 3 aromatic rings. The molecule has 2 atom stereocenters. The quantitative estimate of drug-likeness (QED) is 0.218. The molecule has 0 bridgehead atoms. The summed E-state index contributed by atoms with van der Waals surface area (Å²) >= 11 is 0. The standard InChI is InChI=1S/C30H41BN3/c1-6-9-12-19-32-20-21-34-28-18-17-27(26-16-15-24-13-10-11-14-25(24)22-26)23-33(28)30(5,8-3)29(4,7-2)31(32)34/h10-11,13-18,22-23H,6-9,12,19-21H2,1-5H3/q+1. The van der Waals surface area contributed by atoms with Gasteiger partial charge in [-0.1, -0.05) is 76.9 Å². The van der Waals surface area contributed by atoms with Crippen LogP contribution in [0.4, 0.5) is 5.82 Å². The molecule has 3 nitrogen and oxygen atoms in total. The number of rotatable bonds is 7. The Morgan fingerprint density at radius 3 is 2.35 bits per heavy atom. The zero-order valence-electron chi connectivity index (χ0n) is 21.8. The van der Waals surface area contributed by atoms with Gasteiger partial charge in [0.1, 0.15) is 5.54 Å². The molecule has 5 rings (SSSR count). The second-order valence-electron chi connectivity index (χ2n) is 10.9. The molecule has 0 saturated carbocycles. The average Bonchev–Trinajstić information content (AvgIpc) is 3.31. The Hall–Kier alpha value is -2.33. The predicted molar refractivity (Wildman–Crippen MR) is 146 cm³/mol. The van der Waals surface area contributed by atoms with E-state index in [1.807, 2.05) is 0 Å². The number of pyridine rings is 1. The molecule has 178 valence electrons. The third-order valence-electron chi connectivity index (χ3n) is 9.38. The maximum absolute atomic E-state index is 2.80. The highest BCUT2D eigenvalue weighted by molar-refractivity contribution is 6.65. The maximum Gasteiger partial charge on any atom is 0.474 e. The second kappa shape index (κ2) is 9.04. The van der Waals surface area contributed by atoms with Crippen LogP contribution in [0.3, 0.4) is 0 Å². The van der Waals surface area contributed by atoms with E-state index in [-0.39, 0.29) is 10.9 Å². The Morgan fingerprint density at radius 1 is 0.853 bits per heavy atom. The van der Waals surface area contributed by atoms with Crippen molar-refractivity contribution in [2.45, 2.75) is 77.6 Å². The minimum atomic E-state index is 0.0540. The summed E-state index contributed by atoms with van der Waals surface area (Å²) in [6, 6.07) is 20.3. The van der Waals surface area contributed by atoms with Crippen LogP contribution in [0, 0.1) is 0 Å². The minimum absolute atomic E-state index is 0.0540. The number of anilines is 1. The third-order valence-corrected chi connectivity index (χ3v) is 9.38. The fraction of sp³-hybridized carbons (Fsp3) is 0.500. The first-order valence-corrected chi connectivity index (χ1v) is 13.5. The van der Waals surface area contributed by atoms with Gasteiger partial charge in [0.2, 0.25) is 0 Å². The second-order valence-corrected chi connectivity index (χ2v) is 10.9. The van der Waals surface area contributed by atoms with E-state index in [4.69, 9.17) is 0 Å². The van der Waals surface area contributed by atoms with Gasteiger partial charge in [0.25, 0.3) is 5.82 Å². The smallest absolute Gasteiger partial charge is 0.308 e. The van der Waals surface area contributed by atoms with Crippen molar-refractivity contribution in [1.82, 2.24) is 4.81 Å². The molecule has 1 saturated heterocycles. The van der Waals surface area contributed by atoms with Gasteiger partial charge >= 0.3 is 6.98 Å². The Kier molecular flexibility index (Phi) is 6.22. The average molecular weight is 454 g/mol. The first kappa shape index (κ1) is 23.4. The first-order chi connectivity index (χ1) is 16.5. The van der Waals surface area contributed by atoms with E-state index in [0.717, 1.165) is 13.0 Å². The van der Waals surface area contributed by atoms with E-state index in [1.165, 1.54) is 66.5 Å².